The highest BCUT2D eigenvalue weighted by atomic mass is 32.2. The first-order valence-corrected chi connectivity index (χ1v) is 7.16. The summed E-state index contributed by atoms with van der Waals surface area (Å²) in [5.41, 5.74) is 7.49. The molecule has 0 spiro atoms. The normalized spacial score (nSPS) is 11.9. The van der Waals surface area contributed by atoms with E-state index in [0.717, 1.165) is 5.56 Å². The van der Waals surface area contributed by atoms with Gasteiger partial charge in [-0.3, -0.25) is 5.10 Å². The molecule has 1 aromatic carbocycles. The van der Waals surface area contributed by atoms with E-state index in [4.69, 9.17) is 5.73 Å². The summed E-state index contributed by atoms with van der Waals surface area (Å²) in [7, 11) is -2.09. The smallest absolute Gasteiger partial charge is 0.245 e. The summed E-state index contributed by atoms with van der Waals surface area (Å²) in [4.78, 5) is 0.168. The molecule has 0 bridgehead atoms. The summed E-state index contributed by atoms with van der Waals surface area (Å²) in [6, 6.07) is 5.06. The zero-order chi connectivity index (χ0) is 14.0. The number of nitrogen functional groups attached to an aromatic ring is 1. The van der Waals surface area contributed by atoms with Gasteiger partial charge in [0.15, 0.2) is 0 Å². The molecule has 0 amide bonds. The topological polar surface area (TPSA) is 92.1 Å². The van der Waals surface area contributed by atoms with E-state index in [1.807, 2.05) is 0 Å². The molecule has 1 aromatic heterocycles. The third-order valence-electron chi connectivity index (χ3n) is 2.87. The second-order valence-corrected chi connectivity index (χ2v) is 6.34. The number of H-pyrrole nitrogens is 1. The Morgan fingerprint density at radius 3 is 2.74 bits per heavy atom. The molecule has 0 aliphatic carbocycles. The minimum atomic E-state index is -3.61. The second-order valence-electron chi connectivity index (χ2n) is 4.36. The van der Waals surface area contributed by atoms with Crippen molar-refractivity contribution in [2.24, 2.45) is 0 Å². The van der Waals surface area contributed by atoms with E-state index in [0.29, 0.717) is 5.56 Å². The first-order valence-electron chi connectivity index (χ1n) is 5.72. The van der Waals surface area contributed by atoms with Crippen molar-refractivity contribution in [1.29, 1.82) is 0 Å². The standard InChI is InChI=1S/C12H16N4O2S/c1-9-4-3-5-11(13)12(9)19(17,18)16(2)8-10-6-14-15-7-10/h3-7H,8,13H2,1-2H3,(H,14,15). The predicted molar refractivity (Wildman–Crippen MR) is 72.8 cm³/mol. The molecule has 6 nitrogen and oxygen atoms in total. The van der Waals surface area contributed by atoms with E-state index in [1.165, 1.54) is 11.4 Å². The summed E-state index contributed by atoms with van der Waals surface area (Å²) in [5, 5.41) is 6.45. The van der Waals surface area contributed by atoms with Crippen LogP contribution in [0.2, 0.25) is 0 Å². The second kappa shape index (κ2) is 5.02. The Hall–Kier alpha value is -1.86. The van der Waals surface area contributed by atoms with Gasteiger partial charge in [-0.15, -0.1) is 0 Å². The van der Waals surface area contributed by atoms with Gasteiger partial charge >= 0.3 is 0 Å². The number of hydrogen-bond donors (Lipinski definition) is 2. The lowest BCUT2D eigenvalue weighted by atomic mass is 10.2. The maximum absolute atomic E-state index is 12.5. The van der Waals surface area contributed by atoms with Gasteiger partial charge in [-0.2, -0.15) is 9.40 Å². The Morgan fingerprint density at radius 2 is 2.16 bits per heavy atom. The fourth-order valence-corrected chi connectivity index (χ4v) is 3.36. The van der Waals surface area contributed by atoms with E-state index in [9.17, 15) is 8.42 Å². The minimum Gasteiger partial charge on any atom is -0.398 e. The highest BCUT2D eigenvalue weighted by Gasteiger charge is 2.25. The summed E-state index contributed by atoms with van der Waals surface area (Å²) < 4.78 is 26.3. The Bertz CT molecular complexity index is 645. The van der Waals surface area contributed by atoms with Crippen molar-refractivity contribution in [3.8, 4) is 0 Å². The highest BCUT2D eigenvalue weighted by Crippen LogP contribution is 2.25. The van der Waals surface area contributed by atoms with E-state index in [1.54, 1.807) is 37.5 Å². The molecular formula is C12H16N4O2S. The average molecular weight is 280 g/mol. The number of aryl methyl sites for hydroxylation is 1. The molecule has 0 aliphatic heterocycles. The van der Waals surface area contributed by atoms with Gasteiger partial charge in [0.05, 0.1) is 11.9 Å². The first-order chi connectivity index (χ1) is 8.93. The third kappa shape index (κ3) is 2.61. The van der Waals surface area contributed by atoms with Crippen LogP contribution < -0.4 is 5.73 Å². The first kappa shape index (κ1) is 13.6. The molecule has 7 heteroatoms. The monoisotopic (exact) mass is 280 g/mol. The number of hydrogen-bond acceptors (Lipinski definition) is 4. The largest absolute Gasteiger partial charge is 0.398 e. The number of aromatic nitrogens is 2. The maximum atomic E-state index is 12.5. The molecule has 19 heavy (non-hydrogen) atoms. The van der Waals surface area contributed by atoms with Gasteiger partial charge in [-0.05, 0) is 18.6 Å². The summed E-state index contributed by atoms with van der Waals surface area (Å²) in [6.45, 7) is 1.97. The molecule has 0 saturated heterocycles. The zero-order valence-electron chi connectivity index (χ0n) is 10.8. The summed E-state index contributed by atoms with van der Waals surface area (Å²) >= 11 is 0. The molecule has 0 saturated carbocycles. The zero-order valence-corrected chi connectivity index (χ0v) is 11.6. The number of rotatable bonds is 4. The fourth-order valence-electron chi connectivity index (χ4n) is 1.89. The van der Waals surface area contributed by atoms with Gasteiger partial charge in [-0.1, -0.05) is 12.1 Å². The van der Waals surface area contributed by atoms with Gasteiger partial charge < -0.3 is 5.73 Å². The van der Waals surface area contributed by atoms with Crippen LogP contribution in [0.15, 0.2) is 35.5 Å². The molecule has 0 atom stereocenters. The number of aromatic amines is 1. The van der Waals surface area contributed by atoms with Gasteiger partial charge in [0, 0.05) is 25.4 Å². The maximum Gasteiger partial charge on any atom is 0.245 e. The van der Waals surface area contributed by atoms with Crippen LogP contribution >= 0.6 is 0 Å². The molecule has 0 fully saturated rings. The highest BCUT2D eigenvalue weighted by molar-refractivity contribution is 7.89. The lowest BCUT2D eigenvalue weighted by Crippen LogP contribution is -2.27. The van der Waals surface area contributed by atoms with E-state index in [2.05, 4.69) is 10.2 Å². The van der Waals surface area contributed by atoms with Crippen LogP contribution in [0.4, 0.5) is 5.69 Å². The lowest BCUT2D eigenvalue weighted by molar-refractivity contribution is 0.466. The SMILES string of the molecule is Cc1cccc(N)c1S(=O)(=O)N(C)Cc1cn[nH]c1. The van der Waals surface area contributed by atoms with Crippen LogP contribution in [0, 0.1) is 6.92 Å². The summed E-state index contributed by atoms with van der Waals surface area (Å²) in [6.07, 6.45) is 3.25. The molecule has 2 aromatic rings. The quantitative estimate of drug-likeness (QED) is 0.821. The number of anilines is 1. The number of nitrogens with two attached hydrogens (primary N) is 1. The Balaban J connectivity index is 2.37. The van der Waals surface area contributed by atoms with Crippen molar-refractivity contribution in [2.45, 2.75) is 18.4 Å². The van der Waals surface area contributed by atoms with Crippen LogP contribution in [0.25, 0.3) is 0 Å². The van der Waals surface area contributed by atoms with Crippen LogP contribution in [0.5, 0.6) is 0 Å². The van der Waals surface area contributed by atoms with Crippen LogP contribution in [0.1, 0.15) is 11.1 Å². The molecular weight excluding hydrogens is 264 g/mol. The number of nitrogens with one attached hydrogen (secondary N) is 1. The Kier molecular flexibility index (Phi) is 3.59. The van der Waals surface area contributed by atoms with Crippen molar-refractivity contribution in [3.05, 3.63) is 41.7 Å². The third-order valence-corrected chi connectivity index (χ3v) is 4.89. The van der Waals surface area contributed by atoms with Crippen LogP contribution in [0.3, 0.4) is 0 Å². The van der Waals surface area contributed by atoms with Crippen molar-refractivity contribution in [2.75, 3.05) is 12.8 Å². The lowest BCUT2D eigenvalue weighted by Gasteiger charge is -2.19. The van der Waals surface area contributed by atoms with E-state index >= 15 is 0 Å². The van der Waals surface area contributed by atoms with Gasteiger partial charge in [-0.25, -0.2) is 8.42 Å². The molecule has 1 heterocycles. The molecule has 0 radical (unpaired) electrons. The van der Waals surface area contributed by atoms with Crippen LogP contribution in [-0.4, -0.2) is 30.0 Å². The fraction of sp³-hybridized carbons (Fsp3) is 0.250. The van der Waals surface area contributed by atoms with Crippen molar-refractivity contribution in [3.63, 3.8) is 0 Å². The average Bonchev–Trinajstić information content (AvgIpc) is 2.81. The predicted octanol–water partition coefficient (Wildman–Crippen LogP) is 1.12. The molecule has 102 valence electrons. The van der Waals surface area contributed by atoms with E-state index < -0.39 is 10.0 Å². The van der Waals surface area contributed by atoms with Gasteiger partial charge in [0.25, 0.3) is 0 Å². The molecule has 3 N–H and O–H groups in total. The number of sulfonamides is 1. The van der Waals surface area contributed by atoms with E-state index in [-0.39, 0.29) is 17.1 Å². The minimum absolute atomic E-state index is 0.168. The van der Waals surface area contributed by atoms with Crippen LogP contribution in [-0.2, 0) is 16.6 Å². The molecule has 0 unspecified atom stereocenters. The van der Waals surface area contributed by atoms with Crippen molar-refractivity contribution < 1.29 is 8.42 Å². The molecule has 0 aliphatic rings. The summed E-state index contributed by atoms with van der Waals surface area (Å²) in [5.74, 6) is 0. The molecule has 2 rings (SSSR count). The number of nitrogens with zero attached hydrogens (tertiary/aromatic N) is 2. The van der Waals surface area contributed by atoms with Gasteiger partial charge in [0.1, 0.15) is 4.90 Å². The Morgan fingerprint density at radius 1 is 1.42 bits per heavy atom. The number of benzene rings is 1. The Labute approximate surface area is 112 Å². The van der Waals surface area contributed by atoms with Gasteiger partial charge in [0.2, 0.25) is 10.0 Å². The van der Waals surface area contributed by atoms with Crippen molar-refractivity contribution in [1.82, 2.24) is 14.5 Å². The van der Waals surface area contributed by atoms with Crippen molar-refractivity contribution >= 4 is 15.7 Å².